The summed E-state index contributed by atoms with van der Waals surface area (Å²) in [6.07, 6.45) is 0. The highest BCUT2D eigenvalue weighted by molar-refractivity contribution is 7.90. The van der Waals surface area contributed by atoms with Crippen molar-refractivity contribution in [1.82, 2.24) is 3.97 Å². The van der Waals surface area contributed by atoms with Gasteiger partial charge in [0.15, 0.2) is 5.69 Å². The highest BCUT2D eigenvalue weighted by atomic mass is 32.2. The van der Waals surface area contributed by atoms with Crippen LogP contribution in [0.3, 0.4) is 0 Å². The minimum absolute atomic E-state index is 0.00447. The molecule has 0 aliphatic heterocycles. The first-order valence-electron chi connectivity index (χ1n) is 9.63. The molecule has 0 aliphatic carbocycles. The second-order valence-electron chi connectivity index (χ2n) is 6.91. The number of esters is 1. The Kier molecular flexibility index (Phi) is 5.18. The van der Waals surface area contributed by atoms with E-state index >= 15 is 0 Å². The van der Waals surface area contributed by atoms with Crippen molar-refractivity contribution in [3.05, 3.63) is 90.1 Å². The van der Waals surface area contributed by atoms with Gasteiger partial charge in [0.2, 0.25) is 0 Å². The number of aryl methyl sites for hydroxylation is 1. The molecule has 0 saturated heterocycles. The first-order valence-corrected chi connectivity index (χ1v) is 11.1. The van der Waals surface area contributed by atoms with Gasteiger partial charge in [0.05, 0.1) is 17.0 Å². The molecule has 0 saturated carbocycles. The van der Waals surface area contributed by atoms with E-state index in [0.29, 0.717) is 16.5 Å². The second-order valence-corrected chi connectivity index (χ2v) is 8.70. The summed E-state index contributed by atoms with van der Waals surface area (Å²) in [6.45, 7) is 3.72. The van der Waals surface area contributed by atoms with Gasteiger partial charge >= 0.3 is 5.97 Å². The van der Waals surface area contributed by atoms with Crippen molar-refractivity contribution in [3.63, 3.8) is 0 Å². The number of hydrogen-bond donors (Lipinski definition) is 0. The summed E-state index contributed by atoms with van der Waals surface area (Å²) in [5, 5.41) is 0.669. The van der Waals surface area contributed by atoms with Crippen molar-refractivity contribution in [2.24, 2.45) is 0 Å². The Morgan fingerprint density at radius 2 is 1.53 bits per heavy atom. The van der Waals surface area contributed by atoms with Crippen molar-refractivity contribution < 1.29 is 17.9 Å². The van der Waals surface area contributed by atoms with Gasteiger partial charge in [-0.25, -0.2) is 17.2 Å². The van der Waals surface area contributed by atoms with E-state index in [2.05, 4.69) is 0 Å². The zero-order valence-corrected chi connectivity index (χ0v) is 17.5. The molecular weight excluding hydrogens is 398 g/mol. The lowest BCUT2D eigenvalue weighted by Crippen LogP contribution is -2.20. The summed E-state index contributed by atoms with van der Waals surface area (Å²) in [5.41, 5.74) is 2.67. The maximum Gasteiger partial charge on any atom is 0.356 e. The molecule has 0 N–H and O–H groups in total. The average molecular weight is 420 g/mol. The fourth-order valence-electron chi connectivity index (χ4n) is 3.56. The summed E-state index contributed by atoms with van der Waals surface area (Å²) < 4.78 is 33.8. The largest absolute Gasteiger partial charge is 0.461 e. The second kappa shape index (κ2) is 7.80. The van der Waals surface area contributed by atoms with E-state index in [0.717, 1.165) is 15.1 Å². The van der Waals surface area contributed by atoms with Crippen LogP contribution in [-0.4, -0.2) is 25.0 Å². The van der Waals surface area contributed by atoms with Gasteiger partial charge in [-0.3, -0.25) is 0 Å². The average Bonchev–Trinajstić information content (AvgIpc) is 3.11. The predicted octanol–water partition coefficient (Wildman–Crippen LogP) is 5.03. The molecule has 1 heterocycles. The Balaban J connectivity index is 2.13. The molecule has 0 amide bonds. The van der Waals surface area contributed by atoms with Crippen LogP contribution < -0.4 is 0 Å². The molecule has 0 aliphatic rings. The van der Waals surface area contributed by atoms with Crippen LogP contribution in [-0.2, 0) is 14.8 Å². The molecule has 5 nitrogen and oxygen atoms in total. The van der Waals surface area contributed by atoms with E-state index in [1.54, 1.807) is 43.3 Å². The number of aromatic nitrogens is 1. The molecule has 3 aromatic carbocycles. The number of ether oxygens (including phenoxy) is 1. The van der Waals surface area contributed by atoms with Crippen LogP contribution >= 0.6 is 0 Å². The number of fused-ring (bicyclic) bond motifs is 1. The van der Waals surface area contributed by atoms with Crippen molar-refractivity contribution in [3.8, 4) is 11.1 Å². The Morgan fingerprint density at radius 3 is 2.20 bits per heavy atom. The molecule has 0 fully saturated rings. The van der Waals surface area contributed by atoms with Crippen molar-refractivity contribution in [2.45, 2.75) is 18.7 Å². The van der Waals surface area contributed by atoms with Gasteiger partial charge < -0.3 is 4.74 Å². The molecule has 0 unspecified atom stereocenters. The van der Waals surface area contributed by atoms with Gasteiger partial charge in [0.1, 0.15) is 0 Å². The topological polar surface area (TPSA) is 65.4 Å². The first kappa shape index (κ1) is 19.9. The number of benzene rings is 3. The monoisotopic (exact) mass is 419 g/mol. The van der Waals surface area contributed by atoms with Gasteiger partial charge in [-0.2, -0.15) is 0 Å². The lowest BCUT2D eigenvalue weighted by molar-refractivity contribution is 0.0519. The minimum atomic E-state index is -4.05. The van der Waals surface area contributed by atoms with E-state index < -0.39 is 16.0 Å². The van der Waals surface area contributed by atoms with Crippen LogP contribution in [0.25, 0.3) is 22.0 Å². The number of nitrogens with zero attached hydrogens (tertiary/aromatic N) is 1. The number of para-hydroxylation sites is 1. The van der Waals surface area contributed by atoms with Gasteiger partial charge in [-0.05, 0) is 37.6 Å². The van der Waals surface area contributed by atoms with Crippen molar-refractivity contribution >= 4 is 26.9 Å². The van der Waals surface area contributed by atoms with E-state index in [4.69, 9.17) is 4.74 Å². The van der Waals surface area contributed by atoms with Crippen LogP contribution in [0.5, 0.6) is 0 Å². The van der Waals surface area contributed by atoms with E-state index in [1.807, 2.05) is 49.4 Å². The molecule has 0 bridgehead atoms. The molecule has 4 rings (SSSR count). The normalized spacial score (nSPS) is 11.5. The molecule has 4 aromatic rings. The van der Waals surface area contributed by atoms with E-state index in [1.165, 1.54) is 0 Å². The zero-order valence-electron chi connectivity index (χ0n) is 16.7. The van der Waals surface area contributed by atoms with E-state index in [9.17, 15) is 13.2 Å². The zero-order chi connectivity index (χ0) is 21.3. The summed E-state index contributed by atoms with van der Waals surface area (Å²) in [5.74, 6) is -0.678. The number of carbonyl (C=O) groups is 1. The van der Waals surface area contributed by atoms with Crippen molar-refractivity contribution in [2.75, 3.05) is 6.61 Å². The summed E-state index contributed by atoms with van der Waals surface area (Å²) in [7, 11) is -4.05. The summed E-state index contributed by atoms with van der Waals surface area (Å²) in [4.78, 5) is 13.2. The van der Waals surface area contributed by atoms with Gasteiger partial charge in [-0.1, -0.05) is 66.2 Å². The van der Waals surface area contributed by atoms with Crippen LogP contribution in [0, 0.1) is 6.92 Å². The SMILES string of the molecule is CCOC(=O)c1c(-c2ccccc2)c2ccccc2n1S(=O)(=O)c1ccc(C)cc1. The van der Waals surface area contributed by atoms with Crippen LogP contribution in [0.2, 0.25) is 0 Å². The quantitative estimate of drug-likeness (QED) is 0.426. The smallest absolute Gasteiger partial charge is 0.356 e. The third-order valence-electron chi connectivity index (χ3n) is 4.92. The van der Waals surface area contributed by atoms with Crippen LogP contribution in [0.1, 0.15) is 23.0 Å². The molecule has 30 heavy (non-hydrogen) atoms. The fraction of sp³-hybridized carbons (Fsp3) is 0.125. The number of carbonyl (C=O) groups excluding carboxylic acids is 1. The molecule has 0 atom stereocenters. The fourth-order valence-corrected chi connectivity index (χ4v) is 5.07. The molecule has 0 radical (unpaired) electrons. The van der Waals surface area contributed by atoms with Crippen molar-refractivity contribution in [1.29, 1.82) is 0 Å². The number of hydrogen-bond acceptors (Lipinski definition) is 4. The first-order chi connectivity index (χ1) is 14.4. The summed E-state index contributed by atoms with van der Waals surface area (Å²) in [6, 6.07) is 23.0. The molecule has 6 heteroatoms. The lowest BCUT2D eigenvalue weighted by atomic mass is 10.0. The lowest BCUT2D eigenvalue weighted by Gasteiger charge is -2.13. The molecular formula is C24H21NO4S. The Labute approximate surface area is 175 Å². The number of rotatable bonds is 5. The van der Waals surface area contributed by atoms with Crippen LogP contribution in [0.4, 0.5) is 0 Å². The van der Waals surface area contributed by atoms with Gasteiger partial charge in [-0.15, -0.1) is 0 Å². The Bertz CT molecular complexity index is 1320. The van der Waals surface area contributed by atoms with Gasteiger partial charge in [0.25, 0.3) is 10.0 Å². The maximum absolute atomic E-state index is 13.7. The summed E-state index contributed by atoms with van der Waals surface area (Å²) >= 11 is 0. The highest BCUT2D eigenvalue weighted by Gasteiger charge is 2.31. The van der Waals surface area contributed by atoms with Crippen LogP contribution in [0.15, 0.2) is 83.8 Å². The molecule has 152 valence electrons. The van der Waals surface area contributed by atoms with E-state index in [-0.39, 0.29) is 17.2 Å². The highest BCUT2D eigenvalue weighted by Crippen LogP contribution is 2.37. The Hall–Kier alpha value is -3.38. The predicted molar refractivity (Wildman–Crippen MR) is 117 cm³/mol. The molecule has 1 aromatic heterocycles. The molecule has 0 spiro atoms. The van der Waals surface area contributed by atoms with Gasteiger partial charge in [0, 0.05) is 10.9 Å². The third-order valence-corrected chi connectivity index (χ3v) is 6.65. The third kappa shape index (κ3) is 3.29. The Morgan fingerprint density at radius 1 is 0.900 bits per heavy atom. The standard InChI is InChI=1S/C24H21NO4S/c1-3-29-24(26)23-22(18-9-5-4-6-10-18)20-11-7-8-12-21(20)25(23)30(27,28)19-15-13-17(2)14-16-19/h4-16H,3H2,1-2H3. The minimum Gasteiger partial charge on any atom is -0.461 e. The maximum atomic E-state index is 13.7.